The molecule has 2 aromatic rings. The highest BCUT2D eigenvalue weighted by Gasteiger charge is 2.38. The fourth-order valence-corrected chi connectivity index (χ4v) is 5.14. The molecule has 2 aromatic heterocycles. The van der Waals surface area contributed by atoms with Crippen LogP contribution in [-0.2, 0) is 0 Å². The molecule has 5 heterocycles. The van der Waals surface area contributed by atoms with Gasteiger partial charge >= 0.3 is 0 Å². The van der Waals surface area contributed by atoms with Gasteiger partial charge in [0.25, 0.3) is 11.8 Å². The van der Waals surface area contributed by atoms with Gasteiger partial charge in [-0.3, -0.25) is 9.59 Å². The Morgan fingerprint density at radius 2 is 2.09 bits per heavy atom. The second-order valence-corrected chi connectivity index (χ2v) is 8.87. The van der Waals surface area contributed by atoms with E-state index in [2.05, 4.69) is 15.2 Å². The summed E-state index contributed by atoms with van der Waals surface area (Å²) in [6, 6.07) is 3.74. The third kappa shape index (κ3) is 3.91. The van der Waals surface area contributed by atoms with Crippen LogP contribution in [0.3, 0.4) is 0 Å². The SMILES string of the molecule is CCNc1ncc2c(n1)N1CCC[C@H]1CN(CC1CCN(C(=O)c3ccco3)CC1)C2=O. The average molecular weight is 439 g/mol. The molecule has 9 nitrogen and oxygen atoms in total. The summed E-state index contributed by atoms with van der Waals surface area (Å²) in [5.74, 6) is 2.07. The van der Waals surface area contributed by atoms with Crippen LogP contribution >= 0.6 is 0 Å². The summed E-state index contributed by atoms with van der Waals surface area (Å²) in [5, 5.41) is 3.16. The number of nitrogens with one attached hydrogen (secondary N) is 1. The maximum Gasteiger partial charge on any atom is 0.289 e. The molecule has 0 saturated carbocycles. The number of carbonyl (C=O) groups excluding carboxylic acids is 2. The summed E-state index contributed by atoms with van der Waals surface area (Å²) < 4.78 is 5.26. The molecular weight excluding hydrogens is 408 g/mol. The molecule has 1 N–H and O–H groups in total. The number of fused-ring (bicyclic) bond motifs is 3. The first-order valence-corrected chi connectivity index (χ1v) is 11.6. The van der Waals surface area contributed by atoms with E-state index in [4.69, 9.17) is 9.40 Å². The molecule has 3 aliphatic heterocycles. The van der Waals surface area contributed by atoms with Gasteiger partial charge in [0, 0.05) is 51.5 Å². The summed E-state index contributed by atoms with van der Waals surface area (Å²) in [6.07, 6.45) is 7.15. The largest absolute Gasteiger partial charge is 0.459 e. The fourth-order valence-electron chi connectivity index (χ4n) is 5.14. The first-order chi connectivity index (χ1) is 15.6. The predicted octanol–water partition coefficient (Wildman–Crippen LogP) is 2.48. The summed E-state index contributed by atoms with van der Waals surface area (Å²) in [5.41, 5.74) is 0.599. The molecule has 3 aliphatic rings. The van der Waals surface area contributed by atoms with E-state index in [9.17, 15) is 9.59 Å². The molecule has 0 aromatic carbocycles. The van der Waals surface area contributed by atoms with Crippen LogP contribution in [0.1, 0.15) is 53.5 Å². The van der Waals surface area contributed by atoms with Crippen LogP contribution in [0.4, 0.5) is 11.8 Å². The molecule has 0 bridgehead atoms. The van der Waals surface area contributed by atoms with Gasteiger partial charge in [-0.1, -0.05) is 0 Å². The van der Waals surface area contributed by atoms with Crippen LogP contribution in [0.15, 0.2) is 29.0 Å². The number of hydrogen-bond acceptors (Lipinski definition) is 7. The second-order valence-electron chi connectivity index (χ2n) is 8.87. The van der Waals surface area contributed by atoms with Crippen molar-refractivity contribution in [3.8, 4) is 0 Å². The Labute approximate surface area is 187 Å². The number of anilines is 2. The lowest BCUT2D eigenvalue weighted by molar-refractivity contribution is 0.0588. The van der Waals surface area contributed by atoms with Crippen LogP contribution in [0.5, 0.6) is 0 Å². The number of likely N-dealkylation sites (tertiary alicyclic amines) is 1. The number of aromatic nitrogens is 2. The molecule has 2 amide bonds. The highest BCUT2D eigenvalue weighted by atomic mass is 16.3. The first-order valence-electron chi connectivity index (χ1n) is 11.6. The van der Waals surface area contributed by atoms with Crippen molar-refractivity contribution in [2.75, 3.05) is 49.5 Å². The van der Waals surface area contributed by atoms with Crippen LogP contribution in [-0.4, -0.2) is 76.9 Å². The molecule has 0 spiro atoms. The van der Waals surface area contributed by atoms with E-state index in [0.29, 0.717) is 48.9 Å². The first kappa shape index (κ1) is 20.8. The highest BCUT2D eigenvalue weighted by molar-refractivity contribution is 5.99. The summed E-state index contributed by atoms with van der Waals surface area (Å²) in [4.78, 5) is 41.2. The number of rotatable bonds is 5. The van der Waals surface area contributed by atoms with Gasteiger partial charge in [0.1, 0.15) is 11.4 Å². The van der Waals surface area contributed by atoms with E-state index in [1.165, 1.54) is 6.26 Å². The third-order valence-electron chi connectivity index (χ3n) is 6.81. The van der Waals surface area contributed by atoms with Crippen molar-refractivity contribution < 1.29 is 14.0 Å². The fraction of sp³-hybridized carbons (Fsp3) is 0.565. The van der Waals surface area contributed by atoms with Gasteiger partial charge in [-0.05, 0) is 50.7 Å². The smallest absolute Gasteiger partial charge is 0.289 e. The Hall–Kier alpha value is -3.10. The predicted molar refractivity (Wildman–Crippen MR) is 120 cm³/mol. The monoisotopic (exact) mass is 438 g/mol. The Kier molecular flexibility index (Phi) is 5.71. The number of amides is 2. The van der Waals surface area contributed by atoms with E-state index in [1.807, 2.05) is 16.7 Å². The summed E-state index contributed by atoms with van der Waals surface area (Å²) in [6.45, 7) is 6.48. The van der Waals surface area contributed by atoms with Crippen molar-refractivity contribution in [1.82, 2.24) is 19.8 Å². The van der Waals surface area contributed by atoms with E-state index in [1.54, 1.807) is 18.3 Å². The van der Waals surface area contributed by atoms with Gasteiger partial charge in [0.15, 0.2) is 5.76 Å². The minimum Gasteiger partial charge on any atom is -0.459 e. The normalized spacial score (nSPS) is 21.3. The van der Waals surface area contributed by atoms with Gasteiger partial charge in [-0.2, -0.15) is 4.98 Å². The molecule has 9 heteroatoms. The van der Waals surface area contributed by atoms with Crippen molar-refractivity contribution in [2.45, 2.75) is 38.6 Å². The quantitative estimate of drug-likeness (QED) is 0.766. The lowest BCUT2D eigenvalue weighted by Crippen LogP contribution is -2.45. The number of nitrogens with zero attached hydrogens (tertiary/aromatic N) is 5. The van der Waals surface area contributed by atoms with Crippen molar-refractivity contribution in [3.05, 3.63) is 35.9 Å². The molecule has 1 atom stereocenters. The Bertz CT molecular complexity index is 970. The molecule has 170 valence electrons. The van der Waals surface area contributed by atoms with Crippen LogP contribution < -0.4 is 10.2 Å². The van der Waals surface area contributed by atoms with Gasteiger partial charge in [-0.25, -0.2) is 4.98 Å². The van der Waals surface area contributed by atoms with E-state index >= 15 is 0 Å². The topological polar surface area (TPSA) is 94.8 Å². The average Bonchev–Trinajstić information content (AvgIpc) is 3.49. The molecule has 5 rings (SSSR count). The van der Waals surface area contributed by atoms with Gasteiger partial charge < -0.3 is 24.4 Å². The summed E-state index contributed by atoms with van der Waals surface area (Å²) in [7, 11) is 0. The molecule has 2 fully saturated rings. The molecule has 32 heavy (non-hydrogen) atoms. The summed E-state index contributed by atoms with van der Waals surface area (Å²) >= 11 is 0. The van der Waals surface area contributed by atoms with E-state index < -0.39 is 0 Å². The number of carbonyl (C=O) groups is 2. The van der Waals surface area contributed by atoms with E-state index in [0.717, 1.165) is 51.1 Å². The lowest BCUT2D eigenvalue weighted by atomic mass is 9.95. The zero-order valence-electron chi connectivity index (χ0n) is 18.5. The maximum atomic E-state index is 13.5. The zero-order valence-corrected chi connectivity index (χ0v) is 18.5. The van der Waals surface area contributed by atoms with Crippen LogP contribution in [0.25, 0.3) is 0 Å². The minimum atomic E-state index is -0.0523. The van der Waals surface area contributed by atoms with Gasteiger partial charge in [0.2, 0.25) is 5.95 Å². The van der Waals surface area contributed by atoms with Crippen molar-refractivity contribution in [2.24, 2.45) is 5.92 Å². The highest BCUT2D eigenvalue weighted by Crippen LogP contribution is 2.33. The van der Waals surface area contributed by atoms with Crippen molar-refractivity contribution >= 4 is 23.6 Å². The molecule has 2 saturated heterocycles. The standard InChI is InChI=1S/C23H30N6O3/c1-2-24-23-25-13-18-20(26-23)29-9-3-5-17(29)15-28(21(18)30)14-16-7-10-27(11-8-16)22(31)19-6-4-12-32-19/h4,6,12-13,16-17H,2-3,5,7-11,14-15H2,1H3,(H,24,25,26)/t17-/m0/s1. The third-order valence-corrected chi connectivity index (χ3v) is 6.81. The maximum absolute atomic E-state index is 13.5. The number of hydrogen-bond donors (Lipinski definition) is 1. The molecule has 0 aliphatic carbocycles. The van der Waals surface area contributed by atoms with E-state index in [-0.39, 0.29) is 11.8 Å². The number of piperidine rings is 1. The van der Waals surface area contributed by atoms with Gasteiger partial charge in [0.05, 0.1) is 6.26 Å². The van der Waals surface area contributed by atoms with Crippen molar-refractivity contribution in [3.63, 3.8) is 0 Å². The van der Waals surface area contributed by atoms with Crippen molar-refractivity contribution in [1.29, 1.82) is 0 Å². The zero-order chi connectivity index (χ0) is 22.1. The lowest BCUT2D eigenvalue weighted by Gasteiger charge is -2.35. The number of furan rings is 1. The van der Waals surface area contributed by atoms with Crippen LogP contribution in [0.2, 0.25) is 0 Å². The van der Waals surface area contributed by atoms with Gasteiger partial charge in [-0.15, -0.1) is 0 Å². The minimum absolute atomic E-state index is 0.0199. The Morgan fingerprint density at radius 1 is 1.25 bits per heavy atom. The second kappa shape index (κ2) is 8.80. The molecule has 0 unspecified atom stereocenters. The Balaban J connectivity index is 1.28. The Morgan fingerprint density at radius 3 is 2.84 bits per heavy atom. The molecule has 0 radical (unpaired) electrons. The van der Waals surface area contributed by atoms with Crippen LogP contribution in [0, 0.1) is 5.92 Å². The molecular formula is C23H30N6O3.